The van der Waals surface area contributed by atoms with Crippen LogP contribution in [0.25, 0.3) is 0 Å². The van der Waals surface area contributed by atoms with Crippen molar-refractivity contribution in [2.45, 2.75) is 0 Å². The number of amides is 2. The molecule has 138 valence electrons. The third-order valence-electron chi connectivity index (χ3n) is 3.91. The van der Waals surface area contributed by atoms with Gasteiger partial charge in [-0.1, -0.05) is 29.8 Å². The first-order valence-electron chi connectivity index (χ1n) is 7.85. The summed E-state index contributed by atoms with van der Waals surface area (Å²) in [6, 6.07) is 12.9. The lowest BCUT2D eigenvalue weighted by molar-refractivity contribution is -0.120. The average Bonchev–Trinajstić information content (AvgIpc) is 2.90. The zero-order valence-electron chi connectivity index (χ0n) is 14.5. The van der Waals surface area contributed by atoms with E-state index in [0.717, 1.165) is 4.90 Å². The van der Waals surface area contributed by atoms with E-state index in [2.05, 4.69) is 10.1 Å². The minimum atomic E-state index is -0.669. The number of anilines is 2. The van der Waals surface area contributed by atoms with Crippen molar-refractivity contribution in [1.82, 2.24) is 0 Å². The molecule has 7 nitrogen and oxygen atoms in total. The maximum absolute atomic E-state index is 12.8. The molecule has 0 saturated carbocycles. The average molecular weight is 387 g/mol. The van der Waals surface area contributed by atoms with Crippen LogP contribution < -0.4 is 15.0 Å². The lowest BCUT2D eigenvalue weighted by Gasteiger charge is -2.17. The molecule has 1 aliphatic rings. The van der Waals surface area contributed by atoms with Crippen molar-refractivity contribution in [3.63, 3.8) is 0 Å². The van der Waals surface area contributed by atoms with Gasteiger partial charge in [-0.25, -0.2) is 9.69 Å². The fourth-order valence-corrected chi connectivity index (χ4v) is 2.84. The van der Waals surface area contributed by atoms with Gasteiger partial charge in [-0.15, -0.1) is 0 Å². The standard InChI is InChI=1S/C19H15ClN2O5/c1-26-14-9-4-3-8-13(14)22-17(23)15(20)16(18(22)24)21-12-7-5-6-11(10-12)19(25)27-2/h3-10,21H,1-2H3. The van der Waals surface area contributed by atoms with Crippen LogP contribution in [0, 0.1) is 0 Å². The number of hydrogen-bond donors (Lipinski definition) is 1. The van der Waals surface area contributed by atoms with Crippen LogP contribution in [0.4, 0.5) is 11.4 Å². The Morgan fingerprint density at radius 3 is 2.48 bits per heavy atom. The Hall–Kier alpha value is -3.32. The Balaban J connectivity index is 1.92. The lowest BCUT2D eigenvalue weighted by atomic mass is 10.2. The Bertz CT molecular complexity index is 970. The van der Waals surface area contributed by atoms with E-state index in [0.29, 0.717) is 11.4 Å². The molecule has 0 unspecified atom stereocenters. The molecule has 0 atom stereocenters. The fourth-order valence-electron chi connectivity index (χ4n) is 2.63. The smallest absolute Gasteiger partial charge is 0.337 e. The van der Waals surface area contributed by atoms with Crippen LogP contribution in [0.1, 0.15) is 10.4 Å². The molecule has 27 heavy (non-hydrogen) atoms. The zero-order chi connectivity index (χ0) is 19.6. The van der Waals surface area contributed by atoms with Crippen molar-refractivity contribution < 1.29 is 23.9 Å². The molecule has 1 N–H and O–H groups in total. The molecule has 8 heteroatoms. The molecular formula is C19H15ClN2O5. The molecule has 0 aromatic heterocycles. The molecule has 0 fully saturated rings. The summed E-state index contributed by atoms with van der Waals surface area (Å²) in [6.07, 6.45) is 0. The van der Waals surface area contributed by atoms with Crippen LogP contribution in [-0.2, 0) is 14.3 Å². The van der Waals surface area contributed by atoms with Crippen molar-refractivity contribution in [1.29, 1.82) is 0 Å². The molecule has 0 bridgehead atoms. The first-order chi connectivity index (χ1) is 13.0. The van der Waals surface area contributed by atoms with Crippen LogP contribution in [0.15, 0.2) is 59.3 Å². The summed E-state index contributed by atoms with van der Waals surface area (Å²) in [5, 5.41) is 2.56. The van der Waals surface area contributed by atoms with Crippen molar-refractivity contribution in [3.8, 4) is 5.75 Å². The molecule has 1 aliphatic heterocycles. The summed E-state index contributed by atoms with van der Waals surface area (Å²) in [4.78, 5) is 38.0. The second-order valence-electron chi connectivity index (χ2n) is 5.50. The number of ether oxygens (including phenoxy) is 2. The number of carbonyl (C=O) groups excluding carboxylic acids is 3. The summed E-state index contributed by atoms with van der Waals surface area (Å²) in [5.74, 6) is -1.46. The number of esters is 1. The number of rotatable bonds is 5. The Kier molecular flexibility index (Phi) is 5.14. The SMILES string of the molecule is COC(=O)c1cccc(NC2=C(Cl)C(=O)N(c3ccccc3OC)C2=O)c1. The normalized spacial score (nSPS) is 13.8. The van der Waals surface area contributed by atoms with Crippen molar-refractivity contribution >= 4 is 40.8 Å². The maximum atomic E-state index is 12.8. The summed E-state index contributed by atoms with van der Waals surface area (Å²) >= 11 is 6.12. The number of para-hydroxylation sites is 2. The molecule has 0 spiro atoms. The largest absolute Gasteiger partial charge is 0.495 e. The van der Waals surface area contributed by atoms with Gasteiger partial charge in [0.15, 0.2) is 0 Å². The highest BCUT2D eigenvalue weighted by atomic mass is 35.5. The molecular weight excluding hydrogens is 372 g/mol. The van der Waals surface area contributed by atoms with Gasteiger partial charge in [0.1, 0.15) is 16.5 Å². The topological polar surface area (TPSA) is 84.9 Å². The second kappa shape index (κ2) is 7.51. The van der Waals surface area contributed by atoms with E-state index in [1.165, 1.54) is 20.3 Å². The molecule has 0 aliphatic carbocycles. The van der Waals surface area contributed by atoms with Gasteiger partial charge in [0, 0.05) is 5.69 Å². The number of carbonyl (C=O) groups is 3. The van der Waals surface area contributed by atoms with Crippen molar-refractivity contribution in [2.24, 2.45) is 0 Å². The molecule has 2 aromatic carbocycles. The van der Waals surface area contributed by atoms with Crippen molar-refractivity contribution in [2.75, 3.05) is 24.4 Å². The van der Waals surface area contributed by atoms with Gasteiger partial charge in [0.05, 0.1) is 25.5 Å². The summed E-state index contributed by atoms with van der Waals surface area (Å²) in [7, 11) is 2.71. The summed E-state index contributed by atoms with van der Waals surface area (Å²) in [5.41, 5.74) is 0.898. The Labute approximate surface area is 160 Å². The molecule has 0 saturated heterocycles. The van der Waals surface area contributed by atoms with E-state index < -0.39 is 17.8 Å². The number of nitrogens with zero attached hydrogens (tertiary/aromatic N) is 1. The number of benzene rings is 2. The third-order valence-corrected chi connectivity index (χ3v) is 4.26. The first kappa shape index (κ1) is 18.5. The van der Waals surface area contributed by atoms with E-state index in [1.807, 2.05) is 0 Å². The highest BCUT2D eigenvalue weighted by Gasteiger charge is 2.40. The number of hydrogen-bond acceptors (Lipinski definition) is 6. The third kappa shape index (κ3) is 3.37. The van der Waals surface area contributed by atoms with E-state index >= 15 is 0 Å². The first-order valence-corrected chi connectivity index (χ1v) is 8.22. The second-order valence-corrected chi connectivity index (χ2v) is 5.88. The Morgan fingerprint density at radius 1 is 1.04 bits per heavy atom. The minimum absolute atomic E-state index is 0.0883. The maximum Gasteiger partial charge on any atom is 0.337 e. The highest BCUT2D eigenvalue weighted by molar-refractivity contribution is 6.53. The van der Waals surface area contributed by atoms with E-state index in [4.69, 9.17) is 16.3 Å². The fraction of sp³-hybridized carbons (Fsp3) is 0.105. The van der Waals surface area contributed by atoms with Gasteiger partial charge < -0.3 is 14.8 Å². The molecule has 3 rings (SSSR count). The predicted molar refractivity (Wildman–Crippen MR) is 99.8 cm³/mol. The van der Waals surface area contributed by atoms with Crippen LogP contribution in [0.3, 0.4) is 0 Å². The number of halogens is 1. The number of imide groups is 1. The van der Waals surface area contributed by atoms with Crippen LogP contribution in [0.5, 0.6) is 5.75 Å². The summed E-state index contributed by atoms with van der Waals surface area (Å²) < 4.78 is 9.89. The van der Waals surface area contributed by atoms with Gasteiger partial charge in [0.25, 0.3) is 11.8 Å². The molecule has 1 heterocycles. The number of methoxy groups -OCH3 is 2. The minimum Gasteiger partial charge on any atom is -0.495 e. The van der Waals surface area contributed by atoms with Crippen LogP contribution in [0.2, 0.25) is 0 Å². The summed E-state index contributed by atoms with van der Waals surface area (Å²) in [6.45, 7) is 0. The zero-order valence-corrected chi connectivity index (χ0v) is 15.2. The van der Waals surface area contributed by atoms with Crippen LogP contribution >= 0.6 is 11.6 Å². The van der Waals surface area contributed by atoms with E-state index in [-0.39, 0.29) is 22.0 Å². The predicted octanol–water partition coefficient (Wildman–Crippen LogP) is 2.92. The van der Waals surface area contributed by atoms with Gasteiger partial charge in [0.2, 0.25) is 0 Å². The molecule has 2 amide bonds. The van der Waals surface area contributed by atoms with Crippen molar-refractivity contribution in [3.05, 3.63) is 64.8 Å². The monoisotopic (exact) mass is 386 g/mol. The van der Waals surface area contributed by atoms with E-state index in [1.54, 1.807) is 42.5 Å². The number of nitrogens with one attached hydrogen (secondary N) is 1. The highest BCUT2D eigenvalue weighted by Crippen LogP contribution is 2.35. The lowest BCUT2D eigenvalue weighted by Crippen LogP contribution is -2.32. The molecule has 0 radical (unpaired) electrons. The molecule has 2 aromatic rings. The van der Waals surface area contributed by atoms with E-state index in [9.17, 15) is 14.4 Å². The quantitative estimate of drug-likeness (QED) is 0.628. The van der Waals surface area contributed by atoms with Gasteiger partial charge in [-0.3, -0.25) is 9.59 Å². The van der Waals surface area contributed by atoms with Gasteiger partial charge in [-0.2, -0.15) is 0 Å². The van der Waals surface area contributed by atoms with Gasteiger partial charge in [-0.05, 0) is 30.3 Å². The Morgan fingerprint density at radius 2 is 1.78 bits per heavy atom. The van der Waals surface area contributed by atoms with Gasteiger partial charge >= 0.3 is 5.97 Å². The van der Waals surface area contributed by atoms with Crippen LogP contribution in [-0.4, -0.2) is 32.0 Å².